The molecule has 1 amide bonds. The predicted octanol–water partition coefficient (Wildman–Crippen LogP) is 0.780. The van der Waals surface area contributed by atoms with Crippen molar-refractivity contribution in [1.82, 2.24) is 0 Å². The Balaban J connectivity index is 2.47. The van der Waals surface area contributed by atoms with Crippen molar-refractivity contribution < 1.29 is 13.9 Å². The molecule has 0 radical (unpaired) electrons. The molecule has 1 atom stereocenters. The van der Waals surface area contributed by atoms with Crippen LogP contribution >= 0.6 is 0 Å². The molecule has 1 aromatic rings. The highest BCUT2D eigenvalue weighted by Gasteiger charge is 2.09. The number of carbonyl (C=O) groups excluding carboxylic acids is 1. The SMILES string of the molecule is NC(=O)[C@@H](N)Cc1ccc(OCCCF)cc1. The molecule has 5 heteroatoms. The van der Waals surface area contributed by atoms with Gasteiger partial charge in [0, 0.05) is 6.42 Å². The lowest BCUT2D eigenvalue weighted by molar-refractivity contribution is -0.119. The van der Waals surface area contributed by atoms with Crippen LogP contribution in [0.4, 0.5) is 4.39 Å². The van der Waals surface area contributed by atoms with Gasteiger partial charge in [-0.15, -0.1) is 0 Å². The van der Waals surface area contributed by atoms with Gasteiger partial charge >= 0.3 is 0 Å². The lowest BCUT2D eigenvalue weighted by atomic mass is 10.1. The fourth-order valence-corrected chi connectivity index (χ4v) is 1.32. The van der Waals surface area contributed by atoms with Crippen molar-refractivity contribution in [2.24, 2.45) is 11.5 Å². The summed E-state index contributed by atoms with van der Waals surface area (Å²) in [6, 6.07) is 6.48. The fraction of sp³-hybridized carbons (Fsp3) is 0.417. The van der Waals surface area contributed by atoms with Gasteiger partial charge in [0.05, 0.1) is 19.3 Å². The van der Waals surface area contributed by atoms with E-state index in [9.17, 15) is 9.18 Å². The second kappa shape index (κ2) is 6.85. The second-order valence-electron chi connectivity index (χ2n) is 3.75. The molecule has 0 heterocycles. The minimum Gasteiger partial charge on any atom is -0.494 e. The standard InChI is InChI=1S/C12H17FN2O2/c13-6-1-7-17-10-4-2-9(3-5-10)8-11(14)12(15)16/h2-5,11H,1,6-8,14H2,(H2,15,16)/t11-/m0/s1. The fourth-order valence-electron chi connectivity index (χ4n) is 1.32. The summed E-state index contributed by atoms with van der Waals surface area (Å²) in [6.45, 7) is -0.0256. The van der Waals surface area contributed by atoms with Crippen LogP contribution in [0.2, 0.25) is 0 Å². The van der Waals surface area contributed by atoms with Crippen molar-refractivity contribution >= 4 is 5.91 Å². The Labute approximate surface area is 99.7 Å². The summed E-state index contributed by atoms with van der Waals surface area (Å²) in [5.74, 6) is 0.156. The predicted molar refractivity (Wildman–Crippen MR) is 63.4 cm³/mol. The molecule has 0 aliphatic rings. The van der Waals surface area contributed by atoms with Crippen LogP contribution in [0.25, 0.3) is 0 Å². The van der Waals surface area contributed by atoms with Crippen molar-refractivity contribution in [2.75, 3.05) is 13.3 Å². The minimum absolute atomic E-state index is 0.358. The summed E-state index contributed by atoms with van der Waals surface area (Å²) in [6.07, 6.45) is 0.786. The minimum atomic E-state index is -0.673. The lowest BCUT2D eigenvalue weighted by Crippen LogP contribution is -2.38. The third-order valence-corrected chi connectivity index (χ3v) is 2.29. The number of rotatable bonds is 7. The van der Waals surface area contributed by atoms with Gasteiger partial charge in [0.25, 0.3) is 0 Å². The molecule has 1 rings (SSSR count). The van der Waals surface area contributed by atoms with Gasteiger partial charge in [-0.25, -0.2) is 0 Å². The van der Waals surface area contributed by atoms with Crippen LogP contribution in [-0.2, 0) is 11.2 Å². The molecule has 0 bridgehead atoms. The van der Waals surface area contributed by atoms with E-state index in [0.717, 1.165) is 5.56 Å². The molecule has 1 aromatic carbocycles. The van der Waals surface area contributed by atoms with Gasteiger partial charge in [-0.1, -0.05) is 12.1 Å². The lowest BCUT2D eigenvalue weighted by Gasteiger charge is -2.09. The average Bonchev–Trinajstić information content (AvgIpc) is 2.31. The zero-order chi connectivity index (χ0) is 12.7. The number of carbonyl (C=O) groups is 1. The van der Waals surface area contributed by atoms with E-state index < -0.39 is 11.9 Å². The van der Waals surface area contributed by atoms with E-state index in [1.54, 1.807) is 12.1 Å². The van der Waals surface area contributed by atoms with E-state index in [1.165, 1.54) is 0 Å². The Morgan fingerprint density at radius 3 is 2.53 bits per heavy atom. The third kappa shape index (κ3) is 4.82. The molecule has 0 aliphatic heterocycles. The second-order valence-corrected chi connectivity index (χ2v) is 3.75. The Kier molecular flexibility index (Phi) is 5.42. The van der Waals surface area contributed by atoms with Gasteiger partial charge < -0.3 is 16.2 Å². The van der Waals surface area contributed by atoms with Gasteiger partial charge in [-0.2, -0.15) is 0 Å². The van der Waals surface area contributed by atoms with E-state index in [0.29, 0.717) is 25.2 Å². The van der Waals surface area contributed by atoms with Gasteiger partial charge in [0.2, 0.25) is 5.91 Å². The van der Waals surface area contributed by atoms with Crippen LogP contribution in [0.15, 0.2) is 24.3 Å². The molecule has 0 spiro atoms. The Morgan fingerprint density at radius 2 is 2.00 bits per heavy atom. The maximum absolute atomic E-state index is 11.8. The monoisotopic (exact) mass is 240 g/mol. The zero-order valence-electron chi connectivity index (χ0n) is 9.56. The van der Waals surface area contributed by atoms with E-state index in [1.807, 2.05) is 12.1 Å². The molecule has 4 N–H and O–H groups in total. The van der Waals surface area contributed by atoms with Crippen LogP contribution in [0, 0.1) is 0 Å². The number of ether oxygens (including phenoxy) is 1. The summed E-state index contributed by atoms with van der Waals surface area (Å²) >= 11 is 0. The number of halogens is 1. The highest BCUT2D eigenvalue weighted by Crippen LogP contribution is 2.13. The van der Waals surface area contributed by atoms with Gasteiger partial charge in [0.15, 0.2) is 0 Å². The molecule has 0 unspecified atom stereocenters. The number of benzene rings is 1. The molecule has 4 nitrogen and oxygen atoms in total. The quantitative estimate of drug-likeness (QED) is 0.691. The largest absolute Gasteiger partial charge is 0.494 e. The molecule has 0 aliphatic carbocycles. The van der Waals surface area contributed by atoms with Crippen LogP contribution in [0.3, 0.4) is 0 Å². The first kappa shape index (κ1) is 13.4. The van der Waals surface area contributed by atoms with Crippen molar-refractivity contribution in [3.8, 4) is 5.75 Å². The first-order valence-electron chi connectivity index (χ1n) is 5.46. The van der Waals surface area contributed by atoms with Crippen molar-refractivity contribution in [2.45, 2.75) is 18.9 Å². The zero-order valence-corrected chi connectivity index (χ0v) is 9.56. The van der Waals surface area contributed by atoms with E-state index in [-0.39, 0.29) is 6.67 Å². The van der Waals surface area contributed by atoms with E-state index in [4.69, 9.17) is 16.2 Å². The Hall–Kier alpha value is -1.62. The van der Waals surface area contributed by atoms with Crippen LogP contribution < -0.4 is 16.2 Å². The first-order valence-corrected chi connectivity index (χ1v) is 5.46. The summed E-state index contributed by atoms with van der Waals surface area (Å²) in [5.41, 5.74) is 11.5. The third-order valence-electron chi connectivity index (χ3n) is 2.29. The van der Waals surface area contributed by atoms with Crippen molar-refractivity contribution in [1.29, 1.82) is 0 Å². The van der Waals surface area contributed by atoms with Gasteiger partial charge in [-0.05, 0) is 24.1 Å². The molecular formula is C12H17FN2O2. The van der Waals surface area contributed by atoms with Crippen LogP contribution in [0.1, 0.15) is 12.0 Å². The number of hydrogen-bond acceptors (Lipinski definition) is 3. The van der Waals surface area contributed by atoms with E-state index >= 15 is 0 Å². The van der Waals surface area contributed by atoms with Gasteiger partial charge in [0.1, 0.15) is 5.75 Å². The smallest absolute Gasteiger partial charge is 0.234 e. The van der Waals surface area contributed by atoms with Crippen molar-refractivity contribution in [3.05, 3.63) is 29.8 Å². The molecule has 0 aromatic heterocycles. The van der Waals surface area contributed by atoms with Crippen molar-refractivity contribution in [3.63, 3.8) is 0 Å². The van der Waals surface area contributed by atoms with Gasteiger partial charge in [-0.3, -0.25) is 9.18 Å². The Bertz CT molecular complexity index is 354. The number of nitrogens with two attached hydrogens (primary N) is 2. The maximum Gasteiger partial charge on any atom is 0.234 e. The molecule has 17 heavy (non-hydrogen) atoms. The summed E-state index contributed by atoms with van der Waals surface area (Å²) < 4.78 is 17.1. The molecule has 0 saturated heterocycles. The number of hydrogen-bond donors (Lipinski definition) is 2. The first-order chi connectivity index (χ1) is 8.13. The normalized spacial score (nSPS) is 12.1. The summed E-state index contributed by atoms with van der Waals surface area (Å²) in [7, 11) is 0. The molecular weight excluding hydrogens is 223 g/mol. The molecule has 0 fully saturated rings. The highest BCUT2D eigenvalue weighted by atomic mass is 19.1. The summed E-state index contributed by atoms with van der Waals surface area (Å²) in [5, 5.41) is 0. The van der Waals surface area contributed by atoms with Crippen LogP contribution in [-0.4, -0.2) is 25.2 Å². The maximum atomic E-state index is 11.8. The number of primary amides is 1. The number of amides is 1. The average molecular weight is 240 g/mol. The highest BCUT2D eigenvalue weighted by molar-refractivity contribution is 5.79. The summed E-state index contributed by atoms with van der Waals surface area (Å²) in [4.78, 5) is 10.8. The van der Waals surface area contributed by atoms with E-state index in [2.05, 4.69) is 0 Å². The van der Waals surface area contributed by atoms with Crippen LogP contribution in [0.5, 0.6) is 5.75 Å². The molecule has 94 valence electrons. The topological polar surface area (TPSA) is 78.3 Å². The number of alkyl halides is 1. The molecule has 0 saturated carbocycles. The Morgan fingerprint density at radius 1 is 1.35 bits per heavy atom.